The van der Waals surface area contributed by atoms with Crippen molar-refractivity contribution in [3.8, 4) is 23.3 Å². The highest BCUT2D eigenvalue weighted by Gasteiger charge is 2.84. The third-order valence-corrected chi connectivity index (χ3v) is 12.9. The largest absolute Gasteiger partial charge is 0.524 e. The number of ketones is 1. The molecule has 0 aromatic heterocycles. The minimum atomic E-state index is -5.25. The van der Waals surface area contributed by atoms with Gasteiger partial charge in [0.05, 0.1) is 40.7 Å². The number of aliphatic hydroxyl groups excluding tert-OH is 1. The molecule has 4 bridgehead atoms. The van der Waals surface area contributed by atoms with E-state index >= 15 is 4.79 Å². The molecule has 310 valence electrons. The summed E-state index contributed by atoms with van der Waals surface area (Å²) >= 11 is 0. The van der Waals surface area contributed by atoms with Crippen LogP contribution in [0.3, 0.4) is 0 Å². The zero-order chi connectivity index (χ0) is 42.3. The third kappa shape index (κ3) is 6.34. The summed E-state index contributed by atoms with van der Waals surface area (Å²) in [7, 11) is -5.25. The smallest absolute Gasteiger partial charge is 0.482 e. The average Bonchev–Trinajstić information content (AvgIpc) is 3.27. The standard InChI is InChI=1S/C43H53N4O10P/c1-22(2)10-9-15-41(8)16-14-26-34(54-41)25(12-11-23(3)4)35-31(36(26)56-58(51,52)53)33-32-30(28(21-44)38(45)47-33)27-20-29-40(6,7)57-42(37(27)49,43(29,32)55-35)17-13-24(5)39(50)46-18-19-48/h10-11,13-14,16,27,29-30,47-48H,9,12,15,17-20,45H2,1-8H3,(H,46,50)(H2,51,52,53)/b24-13-. The van der Waals surface area contributed by atoms with Crippen molar-refractivity contribution in [1.82, 2.24) is 10.6 Å². The van der Waals surface area contributed by atoms with Crippen LogP contribution < -0.4 is 30.4 Å². The zero-order valence-corrected chi connectivity index (χ0v) is 35.1. The van der Waals surface area contributed by atoms with Crippen molar-refractivity contribution in [2.45, 2.75) is 110 Å². The number of phosphoric ester groups is 1. The summed E-state index contributed by atoms with van der Waals surface area (Å²) in [6, 6.07) is 2.24. The number of carbonyl (C=O) groups is 2. The molecule has 58 heavy (non-hydrogen) atoms. The fourth-order valence-electron chi connectivity index (χ4n) is 10.0. The molecule has 1 aromatic rings. The summed E-state index contributed by atoms with van der Waals surface area (Å²) in [5.74, 6) is -2.57. The Morgan fingerprint density at radius 1 is 1.12 bits per heavy atom. The third-order valence-electron chi connectivity index (χ3n) is 12.5. The first-order valence-electron chi connectivity index (χ1n) is 19.7. The normalized spacial score (nSPS) is 29.6. The number of phosphoric acid groups is 1. The highest BCUT2D eigenvalue weighted by atomic mass is 31.2. The number of nitrogens with zero attached hydrogens (tertiary/aromatic N) is 1. The van der Waals surface area contributed by atoms with E-state index < -0.39 is 53.9 Å². The van der Waals surface area contributed by atoms with Gasteiger partial charge in [0.25, 0.3) is 0 Å². The Kier molecular flexibility index (Phi) is 10.2. The fourth-order valence-corrected chi connectivity index (χ4v) is 10.5. The zero-order valence-electron chi connectivity index (χ0n) is 34.2. The van der Waals surface area contributed by atoms with Gasteiger partial charge in [0.2, 0.25) is 5.91 Å². The van der Waals surface area contributed by atoms with Crippen LogP contribution in [-0.2, 0) is 25.3 Å². The minimum Gasteiger partial charge on any atom is -0.482 e. The second-order valence-corrected chi connectivity index (χ2v) is 18.6. The van der Waals surface area contributed by atoms with Crippen molar-refractivity contribution < 1.29 is 47.8 Å². The Morgan fingerprint density at radius 3 is 2.47 bits per heavy atom. The molecule has 4 fully saturated rings. The van der Waals surface area contributed by atoms with E-state index in [1.54, 1.807) is 19.1 Å². The number of Topliss-reactive ketones (excluding diaryl/α,β-unsaturated/α-hetero) is 1. The van der Waals surface area contributed by atoms with Crippen molar-refractivity contribution >= 4 is 31.3 Å². The molecule has 4 heterocycles. The maximum atomic E-state index is 15.3. The average molecular weight is 817 g/mol. The van der Waals surface area contributed by atoms with Gasteiger partial charge in [0, 0.05) is 47.4 Å². The van der Waals surface area contributed by atoms with E-state index in [9.17, 15) is 29.5 Å². The maximum absolute atomic E-state index is 15.3. The van der Waals surface area contributed by atoms with E-state index in [0.717, 1.165) is 11.1 Å². The number of benzene rings is 1. The molecule has 7 aliphatic rings. The molecule has 1 amide bonds. The van der Waals surface area contributed by atoms with Gasteiger partial charge in [0.15, 0.2) is 22.7 Å². The second kappa shape index (κ2) is 14.3. The summed E-state index contributed by atoms with van der Waals surface area (Å²) in [6.45, 7) is 15.1. The van der Waals surface area contributed by atoms with E-state index in [4.69, 9.17) is 24.5 Å². The number of dihydropyridines is 1. The Balaban J connectivity index is 1.57. The molecule has 4 aliphatic heterocycles. The quantitative estimate of drug-likeness (QED) is 0.0867. The molecule has 0 radical (unpaired) electrons. The van der Waals surface area contributed by atoms with Crippen LogP contribution in [0, 0.1) is 29.1 Å². The van der Waals surface area contributed by atoms with Gasteiger partial charge >= 0.3 is 7.82 Å². The van der Waals surface area contributed by atoms with E-state index in [2.05, 4.69) is 22.8 Å². The number of carbonyl (C=O) groups excluding carboxylic acids is 2. The number of allylic oxidation sites excluding steroid dienone is 5. The summed E-state index contributed by atoms with van der Waals surface area (Å²) in [4.78, 5) is 49.3. The monoisotopic (exact) mass is 816 g/mol. The van der Waals surface area contributed by atoms with Crippen molar-refractivity contribution in [2.24, 2.45) is 23.5 Å². The summed E-state index contributed by atoms with van der Waals surface area (Å²) in [5, 5.41) is 25.8. The Morgan fingerprint density at radius 2 is 1.83 bits per heavy atom. The fraction of sp³-hybridized carbons (Fsp3) is 0.512. The van der Waals surface area contributed by atoms with Crippen LogP contribution in [0.1, 0.15) is 97.8 Å². The number of aliphatic hydroxyl groups is 1. The molecule has 1 spiro atoms. The summed E-state index contributed by atoms with van der Waals surface area (Å²) in [5.41, 5.74) is 5.95. The van der Waals surface area contributed by atoms with Gasteiger partial charge in [-0.25, -0.2) is 4.57 Å². The van der Waals surface area contributed by atoms with E-state index in [1.807, 2.05) is 60.6 Å². The molecule has 3 aliphatic carbocycles. The maximum Gasteiger partial charge on any atom is 0.524 e. The van der Waals surface area contributed by atoms with Crippen molar-refractivity contribution in [3.05, 3.63) is 74.7 Å². The first-order chi connectivity index (χ1) is 27.1. The van der Waals surface area contributed by atoms with Gasteiger partial charge in [0.1, 0.15) is 22.9 Å². The number of nitrogens with one attached hydrogen (secondary N) is 2. The van der Waals surface area contributed by atoms with E-state index in [-0.39, 0.29) is 65.8 Å². The van der Waals surface area contributed by atoms with Crippen LogP contribution in [0.5, 0.6) is 17.2 Å². The molecular formula is C43H53N4O10P. The van der Waals surface area contributed by atoms with Crippen LogP contribution in [0.4, 0.5) is 0 Å². The van der Waals surface area contributed by atoms with Crippen molar-refractivity contribution in [2.75, 3.05) is 13.2 Å². The lowest BCUT2D eigenvalue weighted by Gasteiger charge is -2.62. The highest BCUT2D eigenvalue weighted by Crippen LogP contribution is 2.74. The van der Waals surface area contributed by atoms with Crippen LogP contribution in [0.2, 0.25) is 0 Å². The first-order valence-corrected chi connectivity index (χ1v) is 21.2. The lowest BCUT2D eigenvalue weighted by Crippen LogP contribution is -2.75. The van der Waals surface area contributed by atoms with Crippen LogP contribution in [0.25, 0.3) is 11.8 Å². The molecule has 6 atom stereocenters. The molecule has 14 nitrogen and oxygen atoms in total. The Hall–Kier alpha value is -4.64. The molecule has 3 saturated carbocycles. The predicted octanol–water partition coefficient (Wildman–Crippen LogP) is 5.54. The second-order valence-electron chi connectivity index (χ2n) is 17.4. The van der Waals surface area contributed by atoms with Gasteiger partial charge in [-0.05, 0) is 93.2 Å². The van der Waals surface area contributed by atoms with Crippen LogP contribution >= 0.6 is 7.82 Å². The lowest BCUT2D eigenvalue weighted by molar-refractivity contribution is -0.181. The molecule has 7 N–H and O–H groups in total. The number of nitriles is 1. The van der Waals surface area contributed by atoms with E-state index in [0.29, 0.717) is 47.4 Å². The van der Waals surface area contributed by atoms with Crippen LogP contribution in [-0.4, -0.2) is 62.1 Å². The molecule has 1 aromatic carbocycles. The number of hydrogen-bond donors (Lipinski definition) is 6. The number of rotatable bonds is 12. The summed E-state index contributed by atoms with van der Waals surface area (Å²) < 4.78 is 40.1. The number of amides is 1. The number of hydrogen-bond acceptors (Lipinski definition) is 11. The van der Waals surface area contributed by atoms with Crippen molar-refractivity contribution in [3.63, 3.8) is 0 Å². The summed E-state index contributed by atoms with van der Waals surface area (Å²) in [6.07, 6.45) is 11.1. The van der Waals surface area contributed by atoms with Gasteiger partial charge in [-0.15, -0.1) is 0 Å². The number of fused-ring (bicyclic) bond motifs is 3. The van der Waals surface area contributed by atoms with Gasteiger partial charge < -0.3 is 40.2 Å². The van der Waals surface area contributed by atoms with Crippen LogP contribution in [0.15, 0.2) is 58.0 Å². The molecular weight excluding hydrogens is 763 g/mol. The number of ether oxygens (including phenoxy) is 3. The van der Waals surface area contributed by atoms with Gasteiger partial charge in [-0.2, -0.15) is 5.26 Å². The number of nitrogens with two attached hydrogens (primary N) is 1. The van der Waals surface area contributed by atoms with Crippen molar-refractivity contribution in [1.29, 1.82) is 5.26 Å². The Bertz CT molecular complexity index is 2280. The minimum absolute atomic E-state index is 0.00296. The molecule has 6 unspecified atom stereocenters. The SMILES string of the molecule is CC(C)=CCCC1(C)C=Cc2c(c(CC=C(C)C)c3c(c2OP(=O)(O)O)C2=C4C(C(C#N)=C(N)N2)C2CC5C(C)(C)OC(C/C=C(/C)C(=O)NCCO)(C2=O)C45O3)O1. The molecule has 8 rings (SSSR count). The topological polar surface area (TPSA) is 223 Å². The molecule has 15 heteroatoms. The van der Waals surface area contributed by atoms with Gasteiger partial charge in [-0.1, -0.05) is 29.4 Å². The predicted molar refractivity (Wildman–Crippen MR) is 216 cm³/mol. The Labute approximate surface area is 338 Å². The first kappa shape index (κ1) is 41.5. The highest BCUT2D eigenvalue weighted by molar-refractivity contribution is 7.46. The lowest BCUT2D eigenvalue weighted by atomic mass is 9.45. The molecule has 1 saturated heterocycles. The van der Waals surface area contributed by atoms with Gasteiger partial charge in [-0.3, -0.25) is 19.4 Å². The van der Waals surface area contributed by atoms with E-state index in [1.165, 1.54) is 0 Å².